The molecule has 1 aromatic carbocycles. The number of fused-ring (bicyclic) bond motifs is 1. The zero-order valence-corrected chi connectivity index (χ0v) is 23.9. The summed E-state index contributed by atoms with van der Waals surface area (Å²) in [7, 11) is 3.14. The van der Waals surface area contributed by atoms with Crippen molar-refractivity contribution in [2.45, 2.75) is 71.8 Å². The molecule has 0 radical (unpaired) electrons. The highest BCUT2D eigenvalue weighted by Gasteiger charge is 2.42. The van der Waals surface area contributed by atoms with E-state index in [2.05, 4.69) is 40.6 Å². The topological polar surface area (TPSA) is 125 Å². The van der Waals surface area contributed by atoms with Gasteiger partial charge in [-0.3, -0.25) is 4.79 Å². The first-order valence-corrected chi connectivity index (χ1v) is 13.7. The van der Waals surface area contributed by atoms with Gasteiger partial charge in [0.15, 0.2) is 0 Å². The molecule has 0 amide bonds. The van der Waals surface area contributed by atoms with Crippen LogP contribution in [0.1, 0.15) is 58.6 Å². The number of hydrogen-bond donors (Lipinski definition) is 0. The van der Waals surface area contributed by atoms with Crippen LogP contribution in [0.3, 0.4) is 0 Å². The van der Waals surface area contributed by atoms with Crippen LogP contribution in [0.15, 0.2) is 35.6 Å². The number of esters is 2. The number of methoxy groups -OCH3 is 2. The average molecular weight is 543 g/mol. The van der Waals surface area contributed by atoms with Gasteiger partial charge in [0.1, 0.15) is 18.8 Å². The summed E-state index contributed by atoms with van der Waals surface area (Å²) in [6.45, 7) is 9.37. The van der Waals surface area contributed by atoms with Gasteiger partial charge in [-0.1, -0.05) is 44.9 Å². The fraction of sp³-hybridized carbons (Fsp3) is 0.655. The number of ether oxygens (including phenoxy) is 4. The molecule has 1 saturated heterocycles. The van der Waals surface area contributed by atoms with E-state index in [1.54, 1.807) is 7.11 Å². The molecule has 0 spiro atoms. The van der Waals surface area contributed by atoms with E-state index in [0.29, 0.717) is 19.4 Å². The predicted molar refractivity (Wildman–Crippen MR) is 148 cm³/mol. The summed E-state index contributed by atoms with van der Waals surface area (Å²) < 4.78 is 24.2. The summed E-state index contributed by atoms with van der Waals surface area (Å²) in [4.78, 5) is 28.3. The van der Waals surface area contributed by atoms with E-state index in [1.807, 2.05) is 32.2 Å². The van der Waals surface area contributed by atoms with Gasteiger partial charge in [0, 0.05) is 49.9 Å². The highest BCUT2D eigenvalue weighted by molar-refractivity contribution is 5.81. The second-order valence-electron chi connectivity index (χ2n) is 11.0. The smallest absolute Gasteiger partial charge is 0.332 e. The summed E-state index contributed by atoms with van der Waals surface area (Å²) in [5, 5.41) is 5.15. The van der Waals surface area contributed by atoms with Crippen LogP contribution in [0.4, 0.5) is 0 Å². The first-order valence-electron chi connectivity index (χ1n) is 13.7. The summed E-state index contributed by atoms with van der Waals surface area (Å²) >= 11 is 0. The fourth-order valence-electron chi connectivity index (χ4n) is 5.42. The van der Waals surface area contributed by atoms with Crippen LogP contribution in [0.2, 0.25) is 0 Å². The number of rotatable bonds is 15. The summed E-state index contributed by atoms with van der Waals surface area (Å²) in [5.74, 6) is -0.984. The van der Waals surface area contributed by atoms with Crippen molar-refractivity contribution < 1.29 is 28.5 Å². The first kappa shape index (κ1) is 30.5. The van der Waals surface area contributed by atoms with Crippen molar-refractivity contribution in [3.8, 4) is 0 Å². The molecular formula is C29H42N4O6. The van der Waals surface area contributed by atoms with Crippen molar-refractivity contribution >= 4 is 22.8 Å². The number of carbonyl (C=O) groups excluding carboxylic acids is 2. The molecule has 1 aliphatic heterocycles. The molecule has 0 N–H and O–H groups in total. The van der Waals surface area contributed by atoms with Crippen LogP contribution in [-0.2, 0) is 35.1 Å². The Kier molecular flexibility index (Phi) is 11.2. The number of aromatic nitrogens is 1. The molecule has 39 heavy (non-hydrogen) atoms. The molecule has 10 heteroatoms. The third-order valence-corrected chi connectivity index (χ3v) is 7.64. The zero-order chi connectivity index (χ0) is 28.5. The SMILES string of the molecule is COCCCn1ccc2ccc([C@@H](OC(=O)COC)C(C[C@H](N=[N+]=[N-])[C@@H]3C[C@@H](C(C)C)C(=O)O3)C(C)C)cc21. The summed E-state index contributed by atoms with van der Waals surface area (Å²) in [6, 6.07) is 7.56. The second kappa shape index (κ2) is 14.4. The summed E-state index contributed by atoms with van der Waals surface area (Å²) in [6.07, 6.45) is 2.68. The van der Waals surface area contributed by atoms with Gasteiger partial charge in [-0.25, -0.2) is 4.79 Å². The van der Waals surface area contributed by atoms with Crippen molar-refractivity contribution in [2.24, 2.45) is 28.8 Å². The largest absolute Gasteiger partial charge is 0.462 e. The fourth-order valence-corrected chi connectivity index (χ4v) is 5.42. The van der Waals surface area contributed by atoms with E-state index in [1.165, 1.54) is 7.11 Å². The lowest BCUT2D eigenvalue weighted by Gasteiger charge is -2.33. The Labute approximate surface area is 230 Å². The minimum absolute atomic E-state index is 0.0592. The second-order valence-corrected chi connectivity index (χ2v) is 11.0. The van der Waals surface area contributed by atoms with Gasteiger partial charge in [0.05, 0.1) is 12.0 Å². The molecule has 0 aliphatic carbocycles. The average Bonchev–Trinajstić information content (AvgIpc) is 3.48. The maximum absolute atomic E-state index is 12.7. The third kappa shape index (κ3) is 7.75. The third-order valence-electron chi connectivity index (χ3n) is 7.64. The van der Waals surface area contributed by atoms with E-state index < -0.39 is 24.2 Å². The van der Waals surface area contributed by atoms with E-state index in [4.69, 9.17) is 18.9 Å². The number of benzene rings is 1. The molecule has 2 aromatic rings. The van der Waals surface area contributed by atoms with Crippen LogP contribution in [0.5, 0.6) is 0 Å². The Hall–Kier alpha value is -3.07. The first-order chi connectivity index (χ1) is 18.7. The number of hydrogen-bond acceptors (Lipinski definition) is 7. The van der Waals surface area contributed by atoms with Crippen molar-refractivity contribution in [2.75, 3.05) is 27.4 Å². The number of carbonyl (C=O) groups is 2. The molecule has 214 valence electrons. The predicted octanol–water partition coefficient (Wildman–Crippen LogP) is 5.84. The number of cyclic esters (lactones) is 1. The number of nitrogens with zero attached hydrogens (tertiary/aromatic N) is 4. The van der Waals surface area contributed by atoms with Crippen LogP contribution in [0.25, 0.3) is 21.3 Å². The molecule has 1 fully saturated rings. The van der Waals surface area contributed by atoms with Crippen LogP contribution >= 0.6 is 0 Å². The minimum Gasteiger partial charge on any atom is -0.462 e. The Morgan fingerprint density at radius 1 is 1.21 bits per heavy atom. The van der Waals surface area contributed by atoms with Crippen LogP contribution < -0.4 is 0 Å². The minimum atomic E-state index is -0.617. The Balaban J connectivity index is 1.97. The standard InChI is InChI=1S/C29H42N4O6/c1-18(2)22(15-24(31-32-30)26-16-23(19(3)4)29(35)38-26)28(39-27(34)17-37-6)21-9-8-20-10-12-33(25(20)14-21)11-7-13-36-5/h8-10,12,14,18-19,22-24,26,28H,7,11,13,15-17H2,1-6H3/t22?,23-,24-,26-,28+/m0/s1. The quantitative estimate of drug-likeness (QED) is 0.0916. The maximum Gasteiger partial charge on any atom is 0.332 e. The number of aryl methyl sites for hydroxylation is 1. The van der Waals surface area contributed by atoms with Gasteiger partial charge >= 0.3 is 11.9 Å². The van der Waals surface area contributed by atoms with E-state index in [9.17, 15) is 15.1 Å². The molecule has 2 heterocycles. The number of azide groups is 1. The molecular weight excluding hydrogens is 500 g/mol. The van der Waals surface area contributed by atoms with Gasteiger partial charge in [-0.15, -0.1) is 0 Å². The molecule has 1 aliphatic rings. The Morgan fingerprint density at radius 2 is 1.97 bits per heavy atom. The molecule has 0 bridgehead atoms. The van der Waals surface area contributed by atoms with Gasteiger partial charge in [0.25, 0.3) is 0 Å². The molecule has 1 unspecified atom stereocenters. The van der Waals surface area contributed by atoms with Crippen molar-refractivity contribution in [3.63, 3.8) is 0 Å². The normalized spacial score (nSPS) is 19.6. The Bertz CT molecular complexity index is 1160. The highest BCUT2D eigenvalue weighted by Crippen LogP contribution is 2.40. The lowest BCUT2D eigenvalue weighted by atomic mass is 9.79. The van der Waals surface area contributed by atoms with Crippen molar-refractivity contribution in [1.82, 2.24) is 4.57 Å². The van der Waals surface area contributed by atoms with Crippen LogP contribution in [0, 0.1) is 23.7 Å². The van der Waals surface area contributed by atoms with E-state index >= 15 is 0 Å². The monoisotopic (exact) mass is 542 g/mol. The molecule has 3 rings (SSSR count). The molecule has 5 atom stereocenters. The lowest BCUT2D eigenvalue weighted by Crippen LogP contribution is -2.33. The molecule has 1 aromatic heterocycles. The van der Waals surface area contributed by atoms with Crippen molar-refractivity contribution in [1.29, 1.82) is 0 Å². The molecule has 10 nitrogen and oxygen atoms in total. The van der Waals surface area contributed by atoms with Crippen molar-refractivity contribution in [3.05, 3.63) is 46.5 Å². The van der Waals surface area contributed by atoms with Gasteiger partial charge < -0.3 is 23.5 Å². The zero-order valence-electron chi connectivity index (χ0n) is 23.9. The van der Waals surface area contributed by atoms with Gasteiger partial charge in [0.2, 0.25) is 0 Å². The summed E-state index contributed by atoms with van der Waals surface area (Å²) in [5.41, 5.74) is 11.3. The lowest BCUT2D eigenvalue weighted by molar-refractivity contribution is -0.158. The highest BCUT2D eigenvalue weighted by atomic mass is 16.6. The maximum atomic E-state index is 12.7. The van der Waals surface area contributed by atoms with Gasteiger partial charge in [-0.2, -0.15) is 0 Å². The van der Waals surface area contributed by atoms with E-state index in [0.717, 1.165) is 29.4 Å². The molecule has 0 saturated carbocycles. The van der Waals surface area contributed by atoms with Gasteiger partial charge in [-0.05, 0) is 59.7 Å². The van der Waals surface area contributed by atoms with Crippen LogP contribution in [-0.4, -0.2) is 56.1 Å². The van der Waals surface area contributed by atoms with E-state index in [-0.39, 0.29) is 36.2 Å². The Morgan fingerprint density at radius 3 is 2.59 bits per heavy atom.